The Morgan fingerprint density at radius 2 is 1.75 bits per heavy atom. The first-order chi connectivity index (χ1) is 7.75. The summed E-state index contributed by atoms with van der Waals surface area (Å²) in [5, 5.41) is 0. The predicted octanol–water partition coefficient (Wildman–Crippen LogP) is 2.94. The monoisotopic (exact) mass is 210 g/mol. The average molecular weight is 210 g/mol. The van der Waals surface area contributed by atoms with Crippen molar-refractivity contribution in [3.63, 3.8) is 0 Å². The Morgan fingerprint density at radius 3 is 2.62 bits per heavy atom. The summed E-state index contributed by atoms with van der Waals surface area (Å²) in [7, 11) is 2.09. The number of nitrogens with zero attached hydrogens (tertiary/aromatic N) is 1. The first kappa shape index (κ1) is 9.28. The van der Waals surface area contributed by atoms with Gasteiger partial charge in [-0.3, -0.25) is 0 Å². The molecule has 0 fully saturated rings. The van der Waals surface area contributed by atoms with Gasteiger partial charge in [-0.1, -0.05) is 24.3 Å². The van der Waals surface area contributed by atoms with Crippen LogP contribution in [0.3, 0.4) is 0 Å². The number of hydrogen-bond acceptors (Lipinski definition) is 2. The van der Waals surface area contributed by atoms with Gasteiger partial charge in [0.1, 0.15) is 0 Å². The van der Waals surface area contributed by atoms with Crippen LogP contribution < -0.4 is 10.6 Å². The molecule has 0 spiro atoms. The lowest BCUT2D eigenvalue weighted by Gasteiger charge is -2.30. The molecule has 2 nitrogen and oxygen atoms in total. The van der Waals surface area contributed by atoms with E-state index in [0.717, 1.165) is 12.1 Å². The van der Waals surface area contributed by atoms with E-state index >= 15 is 0 Å². The summed E-state index contributed by atoms with van der Waals surface area (Å²) in [5.74, 6) is 0. The van der Waals surface area contributed by atoms with Gasteiger partial charge in [0, 0.05) is 30.5 Å². The maximum absolute atomic E-state index is 5.84. The second kappa shape index (κ2) is 3.27. The molecule has 2 aromatic carbocycles. The van der Waals surface area contributed by atoms with Crippen LogP contribution in [0.1, 0.15) is 11.1 Å². The third kappa shape index (κ3) is 1.27. The Bertz CT molecular complexity index is 546. The Hall–Kier alpha value is -1.96. The van der Waals surface area contributed by atoms with Gasteiger partial charge in [0.15, 0.2) is 0 Å². The quantitative estimate of drug-likeness (QED) is 0.677. The van der Waals surface area contributed by atoms with E-state index in [0.29, 0.717) is 0 Å². The number of hydrogen-bond donors (Lipinski definition) is 1. The van der Waals surface area contributed by atoms with Crippen molar-refractivity contribution in [2.45, 2.75) is 6.42 Å². The van der Waals surface area contributed by atoms with Gasteiger partial charge >= 0.3 is 0 Å². The summed E-state index contributed by atoms with van der Waals surface area (Å²) >= 11 is 0. The number of fused-ring (bicyclic) bond motifs is 2. The van der Waals surface area contributed by atoms with E-state index in [-0.39, 0.29) is 0 Å². The molecule has 2 aromatic rings. The summed E-state index contributed by atoms with van der Waals surface area (Å²) < 4.78 is 0. The second-order valence-corrected chi connectivity index (χ2v) is 4.25. The van der Waals surface area contributed by atoms with Crippen LogP contribution in [0, 0.1) is 0 Å². The first-order valence-electron chi connectivity index (χ1n) is 5.46. The fraction of sp³-hybridized carbons (Fsp3) is 0.143. The van der Waals surface area contributed by atoms with Crippen LogP contribution in [0.15, 0.2) is 42.5 Å². The summed E-state index contributed by atoms with van der Waals surface area (Å²) in [4.78, 5) is 2.21. The molecule has 1 heterocycles. The maximum Gasteiger partial charge on any atom is 0.0464 e. The second-order valence-electron chi connectivity index (χ2n) is 4.25. The fourth-order valence-corrected chi connectivity index (χ4v) is 2.37. The van der Waals surface area contributed by atoms with Crippen LogP contribution in [-0.2, 0) is 6.42 Å². The summed E-state index contributed by atoms with van der Waals surface area (Å²) in [6.45, 7) is 0. The number of rotatable bonds is 0. The molecule has 0 radical (unpaired) electrons. The zero-order chi connectivity index (χ0) is 11.1. The summed E-state index contributed by atoms with van der Waals surface area (Å²) in [5.41, 5.74) is 11.9. The Morgan fingerprint density at radius 1 is 1.00 bits per heavy atom. The van der Waals surface area contributed by atoms with E-state index in [9.17, 15) is 0 Å². The highest BCUT2D eigenvalue weighted by atomic mass is 15.1. The van der Waals surface area contributed by atoms with Crippen molar-refractivity contribution in [2.75, 3.05) is 17.7 Å². The van der Waals surface area contributed by atoms with Crippen molar-refractivity contribution in [2.24, 2.45) is 0 Å². The van der Waals surface area contributed by atoms with Crippen molar-refractivity contribution in [3.05, 3.63) is 53.6 Å². The molecule has 2 N–H and O–H groups in total. The molecule has 0 saturated carbocycles. The predicted molar refractivity (Wildman–Crippen MR) is 68.2 cm³/mol. The number of para-hydroxylation sites is 1. The molecule has 80 valence electrons. The Balaban J connectivity index is 2.19. The summed E-state index contributed by atoms with van der Waals surface area (Å²) in [6.07, 6.45) is 0.996. The molecule has 0 atom stereocenters. The minimum absolute atomic E-state index is 0.824. The average Bonchev–Trinajstić information content (AvgIpc) is 2.31. The van der Waals surface area contributed by atoms with Gasteiger partial charge in [-0.25, -0.2) is 0 Å². The van der Waals surface area contributed by atoms with Gasteiger partial charge in [0.2, 0.25) is 0 Å². The highest BCUT2D eigenvalue weighted by Gasteiger charge is 2.18. The molecule has 1 aliphatic heterocycles. The lowest BCUT2D eigenvalue weighted by molar-refractivity contribution is 1.06. The minimum Gasteiger partial charge on any atom is -0.399 e. The van der Waals surface area contributed by atoms with E-state index in [1.165, 1.54) is 22.5 Å². The van der Waals surface area contributed by atoms with Crippen molar-refractivity contribution in [1.82, 2.24) is 0 Å². The third-order valence-electron chi connectivity index (χ3n) is 3.20. The van der Waals surface area contributed by atoms with Crippen LogP contribution >= 0.6 is 0 Å². The van der Waals surface area contributed by atoms with Crippen molar-refractivity contribution < 1.29 is 0 Å². The minimum atomic E-state index is 0.824. The number of benzene rings is 2. The Labute approximate surface area is 95.3 Å². The highest BCUT2D eigenvalue weighted by molar-refractivity contribution is 5.75. The van der Waals surface area contributed by atoms with Crippen molar-refractivity contribution in [1.29, 1.82) is 0 Å². The molecule has 0 aromatic heterocycles. The standard InChI is InChI=1S/C14H14N2/c1-16-13-5-3-2-4-10(13)8-11-6-7-12(15)9-14(11)16/h2-7,9H,8,15H2,1H3. The van der Waals surface area contributed by atoms with Gasteiger partial charge in [-0.2, -0.15) is 0 Å². The zero-order valence-corrected chi connectivity index (χ0v) is 9.27. The summed E-state index contributed by atoms with van der Waals surface area (Å²) in [6, 6.07) is 14.6. The highest BCUT2D eigenvalue weighted by Crippen LogP contribution is 2.37. The van der Waals surface area contributed by atoms with E-state index < -0.39 is 0 Å². The molecule has 0 unspecified atom stereocenters. The molecule has 3 rings (SSSR count). The van der Waals surface area contributed by atoms with Crippen LogP contribution in [0.2, 0.25) is 0 Å². The normalized spacial score (nSPS) is 13.2. The van der Waals surface area contributed by atoms with Crippen LogP contribution in [-0.4, -0.2) is 7.05 Å². The lowest BCUT2D eigenvalue weighted by Crippen LogP contribution is -2.18. The van der Waals surface area contributed by atoms with Gasteiger partial charge in [0.05, 0.1) is 0 Å². The van der Waals surface area contributed by atoms with Crippen LogP contribution in [0.25, 0.3) is 0 Å². The molecule has 0 aliphatic carbocycles. The molecular weight excluding hydrogens is 196 g/mol. The van der Waals surface area contributed by atoms with E-state index in [2.05, 4.69) is 42.3 Å². The van der Waals surface area contributed by atoms with E-state index in [1.807, 2.05) is 12.1 Å². The van der Waals surface area contributed by atoms with Gasteiger partial charge in [-0.05, 0) is 29.3 Å². The molecular formula is C14H14N2. The third-order valence-corrected chi connectivity index (χ3v) is 3.20. The van der Waals surface area contributed by atoms with Crippen molar-refractivity contribution >= 4 is 17.1 Å². The molecule has 2 heteroatoms. The zero-order valence-electron chi connectivity index (χ0n) is 9.27. The molecule has 0 amide bonds. The van der Waals surface area contributed by atoms with Crippen molar-refractivity contribution in [3.8, 4) is 0 Å². The van der Waals surface area contributed by atoms with E-state index in [4.69, 9.17) is 5.73 Å². The Kier molecular flexibility index (Phi) is 1.90. The topological polar surface area (TPSA) is 29.3 Å². The molecule has 16 heavy (non-hydrogen) atoms. The molecule has 0 bridgehead atoms. The number of anilines is 3. The molecule has 1 aliphatic rings. The first-order valence-corrected chi connectivity index (χ1v) is 5.46. The van der Waals surface area contributed by atoms with Crippen LogP contribution in [0.5, 0.6) is 0 Å². The van der Waals surface area contributed by atoms with E-state index in [1.54, 1.807) is 0 Å². The maximum atomic E-state index is 5.84. The van der Waals surface area contributed by atoms with Crippen LogP contribution in [0.4, 0.5) is 17.1 Å². The van der Waals surface area contributed by atoms with Gasteiger partial charge in [0.25, 0.3) is 0 Å². The fourth-order valence-electron chi connectivity index (χ4n) is 2.37. The number of nitrogen functional groups attached to an aromatic ring is 1. The largest absolute Gasteiger partial charge is 0.399 e. The van der Waals surface area contributed by atoms with Gasteiger partial charge < -0.3 is 10.6 Å². The number of nitrogens with two attached hydrogens (primary N) is 1. The SMILES string of the molecule is CN1c2ccccc2Cc2ccc(N)cc21. The molecule has 0 saturated heterocycles. The lowest BCUT2D eigenvalue weighted by atomic mass is 9.96. The van der Waals surface area contributed by atoms with Gasteiger partial charge in [-0.15, -0.1) is 0 Å². The smallest absolute Gasteiger partial charge is 0.0464 e.